The highest BCUT2D eigenvalue weighted by Crippen LogP contribution is 2.24. The third-order valence-electron chi connectivity index (χ3n) is 3.49. The minimum Gasteiger partial charge on any atom is -0.497 e. The molecule has 0 aliphatic carbocycles. The van der Waals surface area contributed by atoms with E-state index in [1.807, 2.05) is 0 Å². The van der Waals surface area contributed by atoms with Gasteiger partial charge in [0.05, 0.1) is 12.7 Å². The van der Waals surface area contributed by atoms with E-state index in [1.165, 1.54) is 0 Å². The normalized spacial score (nSPS) is 11.8. The quantitative estimate of drug-likeness (QED) is 0.632. The molecule has 0 spiro atoms. The number of esters is 1. The first-order chi connectivity index (χ1) is 12.1. The standard InChI is InChI=1S/C18H15ClN2O4/c1-11(24-18(22)13-3-7-14(19)8-4-13)16-20-21-17(25-16)12-5-9-15(23-2)10-6-12/h3-11H,1-2H3. The molecule has 0 bridgehead atoms. The zero-order valence-corrected chi connectivity index (χ0v) is 14.4. The fraction of sp³-hybridized carbons (Fsp3) is 0.167. The Morgan fingerprint density at radius 2 is 1.76 bits per heavy atom. The summed E-state index contributed by atoms with van der Waals surface area (Å²) in [5, 5.41) is 8.48. The fourth-order valence-corrected chi connectivity index (χ4v) is 2.24. The summed E-state index contributed by atoms with van der Waals surface area (Å²) in [6.45, 7) is 1.67. The summed E-state index contributed by atoms with van der Waals surface area (Å²) in [6.07, 6.45) is -0.678. The Kier molecular flexibility index (Phi) is 5.00. The van der Waals surface area contributed by atoms with Crippen molar-refractivity contribution in [3.63, 3.8) is 0 Å². The monoisotopic (exact) mass is 358 g/mol. The van der Waals surface area contributed by atoms with Gasteiger partial charge in [-0.05, 0) is 55.5 Å². The van der Waals surface area contributed by atoms with Gasteiger partial charge >= 0.3 is 5.97 Å². The van der Waals surface area contributed by atoms with E-state index < -0.39 is 12.1 Å². The van der Waals surface area contributed by atoms with Crippen LogP contribution in [0.5, 0.6) is 5.75 Å². The predicted molar refractivity (Wildman–Crippen MR) is 91.6 cm³/mol. The molecule has 128 valence electrons. The predicted octanol–water partition coefficient (Wildman–Crippen LogP) is 4.32. The van der Waals surface area contributed by atoms with Crippen molar-refractivity contribution >= 4 is 17.6 Å². The summed E-state index contributed by atoms with van der Waals surface area (Å²) in [5.74, 6) is 0.794. The number of ether oxygens (including phenoxy) is 2. The third kappa shape index (κ3) is 3.97. The maximum atomic E-state index is 12.1. The van der Waals surface area contributed by atoms with Crippen LogP contribution in [-0.2, 0) is 4.74 Å². The maximum Gasteiger partial charge on any atom is 0.338 e. The first kappa shape index (κ1) is 17.0. The summed E-state index contributed by atoms with van der Waals surface area (Å²) < 4.78 is 16.1. The number of methoxy groups -OCH3 is 1. The largest absolute Gasteiger partial charge is 0.497 e. The first-order valence-corrected chi connectivity index (χ1v) is 7.89. The van der Waals surface area contributed by atoms with Gasteiger partial charge < -0.3 is 13.9 Å². The lowest BCUT2D eigenvalue weighted by molar-refractivity contribution is 0.0280. The van der Waals surface area contributed by atoms with E-state index in [2.05, 4.69) is 10.2 Å². The zero-order chi connectivity index (χ0) is 17.8. The van der Waals surface area contributed by atoms with Crippen LogP contribution in [0.1, 0.15) is 29.3 Å². The Hall–Kier alpha value is -2.86. The molecule has 7 heteroatoms. The molecule has 0 saturated carbocycles. The van der Waals surface area contributed by atoms with Gasteiger partial charge in [0.15, 0.2) is 6.10 Å². The van der Waals surface area contributed by atoms with E-state index in [1.54, 1.807) is 62.6 Å². The van der Waals surface area contributed by atoms with E-state index in [0.717, 1.165) is 11.3 Å². The average molecular weight is 359 g/mol. The minimum atomic E-state index is -0.678. The second-order valence-electron chi connectivity index (χ2n) is 5.23. The molecule has 0 radical (unpaired) electrons. The van der Waals surface area contributed by atoms with Crippen molar-refractivity contribution in [3.8, 4) is 17.2 Å². The Labute approximate surface area is 149 Å². The lowest BCUT2D eigenvalue weighted by Gasteiger charge is -2.09. The molecular formula is C18H15ClN2O4. The second-order valence-corrected chi connectivity index (χ2v) is 5.66. The molecule has 3 aromatic rings. The van der Waals surface area contributed by atoms with Crippen molar-refractivity contribution in [2.45, 2.75) is 13.0 Å². The minimum absolute atomic E-state index is 0.216. The number of benzene rings is 2. The highest BCUT2D eigenvalue weighted by Gasteiger charge is 2.20. The van der Waals surface area contributed by atoms with Crippen LogP contribution in [0.25, 0.3) is 11.5 Å². The van der Waals surface area contributed by atoms with Gasteiger partial charge in [-0.2, -0.15) is 0 Å². The summed E-state index contributed by atoms with van der Waals surface area (Å²) in [6, 6.07) is 13.6. The molecule has 1 unspecified atom stereocenters. The number of hydrogen-bond donors (Lipinski definition) is 0. The van der Waals surface area contributed by atoms with Gasteiger partial charge in [0.1, 0.15) is 5.75 Å². The third-order valence-corrected chi connectivity index (χ3v) is 3.74. The lowest BCUT2D eigenvalue weighted by Crippen LogP contribution is -2.09. The Balaban J connectivity index is 1.70. The zero-order valence-electron chi connectivity index (χ0n) is 13.6. The number of carbonyl (C=O) groups excluding carboxylic acids is 1. The van der Waals surface area contributed by atoms with Gasteiger partial charge in [0, 0.05) is 10.6 Å². The average Bonchev–Trinajstić information content (AvgIpc) is 3.12. The van der Waals surface area contributed by atoms with Crippen molar-refractivity contribution in [3.05, 3.63) is 65.0 Å². The fourth-order valence-electron chi connectivity index (χ4n) is 2.11. The van der Waals surface area contributed by atoms with Crippen LogP contribution in [0, 0.1) is 0 Å². The van der Waals surface area contributed by atoms with Crippen molar-refractivity contribution in [2.75, 3.05) is 7.11 Å². The van der Waals surface area contributed by atoms with Gasteiger partial charge in [0.2, 0.25) is 5.89 Å². The van der Waals surface area contributed by atoms with E-state index in [4.69, 9.17) is 25.5 Å². The molecule has 0 aliphatic rings. The van der Waals surface area contributed by atoms with Crippen molar-refractivity contribution in [2.24, 2.45) is 0 Å². The van der Waals surface area contributed by atoms with Gasteiger partial charge in [0.25, 0.3) is 5.89 Å². The number of carbonyl (C=O) groups is 1. The number of rotatable bonds is 5. The lowest BCUT2D eigenvalue weighted by atomic mass is 10.2. The Bertz CT molecular complexity index is 860. The molecule has 1 aromatic heterocycles. The summed E-state index contributed by atoms with van der Waals surface area (Å²) >= 11 is 5.80. The van der Waals surface area contributed by atoms with E-state index >= 15 is 0 Å². The topological polar surface area (TPSA) is 74.5 Å². The highest BCUT2D eigenvalue weighted by atomic mass is 35.5. The molecule has 1 heterocycles. The molecular weight excluding hydrogens is 344 g/mol. The summed E-state index contributed by atoms with van der Waals surface area (Å²) in [7, 11) is 1.59. The number of halogens is 1. The van der Waals surface area contributed by atoms with Gasteiger partial charge in [-0.3, -0.25) is 0 Å². The van der Waals surface area contributed by atoms with Gasteiger partial charge in [-0.15, -0.1) is 10.2 Å². The molecule has 0 amide bonds. The molecule has 0 N–H and O–H groups in total. The first-order valence-electron chi connectivity index (χ1n) is 7.51. The van der Waals surface area contributed by atoms with Crippen LogP contribution in [-0.4, -0.2) is 23.3 Å². The van der Waals surface area contributed by atoms with Crippen LogP contribution in [0.15, 0.2) is 52.9 Å². The van der Waals surface area contributed by atoms with E-state index in [-0.39, 0.29) is 5.89 Å². The molecule has 2 aromatic carbocycles. The van der Waals surface area contributed by atoms with Crippen molar-refractivity contribution in [1.29, 1.82) is 0 Å². The van der Waals surface area contributed by atoms with Crippen LogP contribution >= 0.6 is 11.6 Å². The second kappa shape index (κ2) is 7.36. The van der Waals surface area contributed by atoms with Gasteiger partial charge in [-0.1, -0.05) is 11.6 Å². The number of nitrogens with zero attached hydrogens (tertiary/aromatic N) is 2. The molecule has 6 nitrogen and oxygen atoms in total. The molecule has 1 atom stereocenters. The Morgan fingerprint density at radius 3 is 2.40 bits per heavy atom. The van der Waals surface area contributed by atoms with Gasteiger partial charge in [-0.25, -0.2) is 4.79 Å². The molecule has 3 rings (SSSR count). The molecule has 0 aliphatic heterocycles. The number of aromatic nitrogens is 2. The van der Waals surface area contributed by atoms with Crippen LogP contribution in [0.4, 0.5) is 0 Å². The molecule has 25 heavy (non-hydrogen) atoms. The number of hydrogen-bond acceptors (Lipinski definition) is 6. The van der Waals surface area contributed by atoms with E-state index in [9.17, 15) is 4.79 Å². The van der Waals surface area contributed by atoms with Crippen molar-refractivity contribution < 1.29 is 18.7 Å². The highest BCUT2D eigenvalue weighted by molar-refractivity contribution is 6.30. The van der Waals surface area contributed by atoms with Crippen LogP contribution in [0.3, 0.4) is 0 Å². The SMILES string of the molecule is COc1ccc(-c2nnc(C(C)OC(=O)c3ccc(Cl)cc3)o2)cc1. The van der Waals surface area contributed by atoms with Crippen LogP contribution < -0.4 is 4.74 Å². The molecule has 0 fully saturated rings. The summed E-state index contributed by atoms with van der Waals surface area (Å²) in [5.41, 5.74) is 1.14. The van der Waals surface area contributed by atoms with Crippen LogP contribution in [0.2, 0.25) is 5.02 Å². The smallest absolute Gasteiger partial charge is 0.338 e. The maximum absolute atomic E-state index is 12.1. The molecule has 0 saturated heterocycles. The van der Waals surface area contributed by atoms with E-state index in [0.29, 0.717) is 16.5 Å². The van der Waals surface area contributed by atoms with Crippen molar-refractivity contribution in [1.82, 2.24) is 10.2 Å². The Morgan fingerprint density at radius 1 is 1.08 bits per heavy atom. The summed E-state index contributed by atoms with van der Waals surface area (Å²) in [4.78, 5) is 12.1.